The van der Waals surface area contributed by atoms with Crippen LogP contribution in [0.15, 0.2) is 22.7 Å². The summed E-state index contributed by atoms with van der Waals surface area (Å²) in [7, 11) is 1.83. The molecule has 1 rings (SSSR count). The van der Waals surface area contributed by atoms with Gasteiger partial charge in [0.05, 0.1) is 5.56 Å². The minimum atomic E-state index is -4.33. The summed E-state index contributed by atoms with van der Waals surface area (Å²) in [5, 5.41) is 6.15. The Kier molecular flexibility index (Phi) is 5.62. The molecule has 0 heterocycles. The van der Waals surface area contributed by atoms with Gasteiger partial charge < -0.3 is 10.6 Å². The van der Waals surface area contributed by atoms with Crippen molar-refractivity contribution in [3.05, 3.63) is 33.8 Å². The molecule has 1 aromatic carbocycles. The van der Waals surface area contributed by atoms with Crippen LogP contribution in [-0.4, -0.2) is 19.6 Å². The van der Waals surface area contributed by atoms with Crippen LogP contribution in [0.2, 0.25) is 0 Å². The Labute approximate surface area is 113 Å². The zero-order valence-electron chi connectivity index (χ0n) is 10.2. The third-order valence-electron chi connectivity index (χ3n) is 2.50. The zero-order valence-corrected chi connectivity index (χ0v) is 11.8. The second kappa shape index (κ2) is 6.54. The van der Waals surface area contributed by atoms with Gasteiger partial charge in [-0.3, -0.25) is 0 Å². The molecule has 1 aromatic rings. The quantitative estimate of drug-likeness (QED) is 0.869. The normalized spacial score (nSPS) is 13.7. The maximum Gasteiger partial charge on any atom is 0.417 e. The molecular weight excluding hydrogens is 309 g/mol. The van der Waals surface area contributed by atoms with Crippen LogP contribution in [0.4, 0.5) is 13.2 Å². The Morgan fingerprint density at radius 3 is 2.56 bits per heavy atom. The summed E-state index contributed by atoms with van der Waals surface area (Å²) in [6.07, 6.45) is -4.33. The van der Waals surface area contributed by atoms with Gasteiger partial charge in [-0.25, -0.2) is 0 Å². The molecular formula is C12H16BrF3N2. The van der Waals surface area contributed by atoms with Crippen molar-refractivity contribution in [3.8, 4) is 0 Å². The van der Waals surface area contributed by atoms with Crippen LogP contribution in [0.5, 0.6) is 0 Å². The standard InChI is InChI=1S/C12H16BrF3N2/c1-8(6-17-2)18-7-9-3-4-11(13)10(5-9)12(14,15)16/h3-5,8,17-18H,6-7H2,1-2H3. The van der Waals surface area contributed by atoms with E-state index in [1.807, 2.05) is 14.0 Å². The van der Waals surface area contributed by atoms with Crippen molar-refractivity contribution in [2.45, 2.75) is 25.7 Å². The van der Waals surface area contributed by atoms with E-state index < -0.39 is 11.7 Å². The molecule has 1 unspecified atom stereocenters. The zero-order chi connectivity index (χ0) is 13.8. The molecule has 0 amide bonds. The SMILES string of the molecule is CNCC(C)NCc1ccc(Br)c(C(F)(F)F)c1. The Morgan fingerprint density at radius 2 is 2.00 bits per heavy atom. The first-order chi connectivity index (χ1) is 8.34. The second-order valence-electron chi connectivity index (χ2n) is 4.15. The first kappa shape index (κ1) is 15.5. The van der Waals surface area contributed by atoms with Gasteiger partial charge in [0.1, 0.15) is 0 Å². The lowest BCUT2D eigenvalue weighted by Crippen LogP contribution is -2.34. The molecule has 0 saturated carbocycles. The molecule has 0 aliphatic heterocycles. The maximum atomic E-state index is 12.7. The number of hydrogen-bond acceptors (Lipinski definition) is 2. The fourth-order valence-electron chi connectivity index (χ4n) is 1.57. The average Bonchev–Trinajstić information content (AvgIpc) is 2.27. The van der Waals surface area contributed by atoms with E-state index in [1.54, 1.807) is 6.07 Å². The van der Waals surface area contributed by atoms with E-state index in [0.717, 1.165) is 6.54 Å². The number of likely N-dealkylation sites (N-methyl/N-ethyl adjacent to an activating group) is 1. The number of hydrogen-bond donors (Lipinski definition) is 2. The van der Waals surface area contributed by atoms with Gasteiger partial charge in [0.15, 0.2) is 0 Å². The molecule has 1 atom stereocenters. The van der Waals surface area contributed by atoms with Crippen LogP contribution in [0.1, 0.15) is 18.1 Å². The van der Waals surface area contributed by atoms with Gasteiger partial charge in [-0.1, -0.05) is 22.0 Å². The van der Waals surface area contributed by atoms with E-state index in [1.165, 1.54) is 12.1 Å². The first-order valence-electron chi connectivity index (χ1n) is 5.58. The van der Waals surface area contributed by atoms with Crippen molar-refractivity contribution in [1.82, 2.24) is 10.6 Å². The van der Waals surface area contributed by atoms with Crippen molar-refractivity contribution in [3.63, 3.8) is 0 Å². The smallest absolute Gasteiger partial charge is 0.318 e. The highest BCUT2D eigenvalue weighted by atomic mass is 79.9. The van der Waals surface area contributed by atoms with Crippen LogP contribution in [-0.2, 0) is 12.7 Å². The summed E-state index contributed by atoms with van der Waals surface area (Å²) in [5.41, 5.74) is -0.0171. The summed E-state index contributed by atoms with van der Waals surface area (Å²) in [4.78, 5) is 0. The molecule has 0 fully saturated rings. The van der Waals surface area contributed by atoms with E-state index >= 15 is 0 Å². The molecule has 6 heteroatoms. The summed E-state index contributed by atoms with van der Waals surface area (Å²) in [6.45, 7) is 3.15. The molecule has 18 heavy (non-hydrogen) atoms. The lowest BCUT2D eigenvalue weighted by Gasteiger charge is -2.15. The van der Waals surface area contributed by atoms with Gasteiger partial charge in [-0.15, -0.1) is 0 Å². The van der Waals surface area contributed by atoms with E-state index in [9.17, 15) is 13.2 Å². The van der Waals surface area contributed by atoms with Crippen LogP contribution in [0.25, 0.3) is 0 Å². The maximum absolute atomic E-state index is 12.7. The van der Waals surface area contributed by atoms with Gasteiger partial charge in [0.2, 0.25) is 0 Å². The van der Waals surface area contributed by atoms with E-state index in [4.69, 9.17) is 0 Å². The number of benzene rings is 1. The molecule has 0 aliphatic carbocycles. The highest BCUT2D eigenvalue weighted by molar-refractivity contribution is 9.10. The number of halogens is 4. The van der Waals surface area contributed by atoms with Gasteiger partial charge in [0.25, 0.3) is 0 Å². The summed E-state index contributed by atoms with van der Waals surface area (Å²) < 4.78 is 38.1. The lowest BCUT2D eigenvalue weighted by atomic mass is 10.1. The summed E-state index contributed by atoms with van der Waals surface area (Å²) in [6, 6.07) is 4.48. The highest BCUT2D eigenvalue weighted by Crippen LogP contribution is 2.35. The summed E-state index contributed by atoms with van der Waals surface area (Å²) >= 11 is 2.92. The topological polar surface area (TPSA) is 24.1 Å². The Balaban J connectivity index is 2.74. The van der Waals surface area contributed by atoms with E-state index in [0.29, 0.717) is 12.1 Å². The molecule has 0 aliphatic rings. The minimum absolute atomic E-state index is 0.0713. The van der Waals surface area contributed by atoms with Crippen molar-refractivity contribution >= 4 is 15.9 Å². The molecule has 0 saturated heterocycles. The van der Waals surface area contributed by atoms with Crippen molar-refractivity contribution in [1.29, 1.82) is 0 Å². The van der Waals surface area contributed by atoms with Gasteiger partial charge in [0, 0.05) is 23.6 Å². The highest BCUT2D eigenvalue weighted by Gasteiger charge is 2.32. The molecule has 0 aromatic heterocycles. The first-order valence-corrected chi connectivity index (χ1v) is 6.37. The fraction of sp³-hybridized carbons (Fsp3) is 0.500. The monoisotopic (exact) mass is 324 g/mol. The molecule has 0 spiro atoms. The third-order valence-corrected chi connectivity index (χ3v) is 3.19. The molecule has 0 radical (unpaired) electrons. The second-order valence-corrected chi connectivity index (χ2v) is 5.01. The largest absolute Gasteiger partial charge is 0.417 e. The predicted octanol–water partition coefficient (Wildman–Crippen LogP) is 3.17. The van der Waals surface area contributed by atoms with E-state index in [-0.39, 0.29) is 10.5 Å². The predicted molar refractivity (Wildman–Crippen MR) is 69.4 cm³/mol. The summed E-state index contributed by atoms with van der Waals surface area (Å²) in [5.74, 6) is 0. The molecule has 102 valence electrons. The van der Waals surface area contributed by atoms with Gasteiger partial charge in [-0.2, -0.15) is 13.2 Å². The van der Waals surface area contributed by atoms with Crippen molar-refractivity contribution < 1.29 is 13.2 Å². The van der Waals surface area contributed by atoms with Crippen LogP contribution in [0.3, 0.4) is 0 Å². The number of rotatable bonds is 5. The van der Waals surface area contributed by atoms with Crippen molar-refractivity contribution in [2.75, 3.05) is 13.6 Å². The Morgan fingerprint density at radius 1 is 1.33 bits per heavy atom. The van der Waals surface area contributed by atoms with Crippen LogP contribution in [0, 0.1) is 0 Å². The van der Waals surface area contributed by atoms with Crippen LogP contribution >= 0.6 is 15.9 Å². The average molecular weight is 325 g/mol. The van der Waals surface area contributed by atoms with E-state index in [2.05, 4.69) is 26.6 Å². The molecule has 0 bridgehead atoms. The Hall–Kier alpha value is -0.590. The van der Waals surface area contributed by atoms with Crippen molar-refractivity contribution in [2.24, 2.45) is 0 Å². The van der Waals surface area contributed by atoms with Gasteiger partial charge >= 0.3 is 6.18 Å². The third kappa shape index (κ3) is 4.59. The Bertz CT molecular complexity index is 393. The van der Waals surface area contributed by atoms with Gasteiger partial charge in [-0.05, 0) is 31.7 Å². The van der Waals surface area contributed by atoms with Crippen LogP contribution < -0.4 is 10.6 Å². The minimum Gasteiger partial charge on any atom is -0.318 e. The number of alkyl halides is 3. The molecule has 2 N–H and O–H groups in total. The lowest BCUT2D eigenvalue weighted by molar-refractivity contribution is -0.138. The molecule has 2 nitrogen and oxygen atoms in total. The number of nitrogens with one attached hydrogen (secondary N) is 2. The fourth-order valence-corrected chi connectivity index (χ4v) is 2.04.